The Bertz CT molecular complexity index is 390. The van der Waals surface area contributed by atoms with Crippen molar-refractivity contribution in [1.29, 1.82) is 5.26 Å². The van der Waals surface area contributed by atoms with E-state index in [1.54, 1.807) is 12.1 Å². The van der Waals surface area contributed by atoms with Crippen molar-refractivity contribution in [3.63, 3.8) is 0 Å². The van der Waals surface area contributed by atoms with Gasteiger partial charge in [-0.2, -0.15) is 5.26 Å². The normalized spacial score (nSPS) is 11.2. The van der Waals surface area contributed by atoms with Crippen LogP contribution in [0.2, 0.25) is 0 Å². The molecule has 3 heteroatoms. The van der Waals surface area contributed by atoms with Crippen molar-refractivity contribution in [3.8, 4) is 11.8 Å². The van der Waals surface area contributed by atoms with Gasteiger partial charge in [0.1, 0.15) is 5.75 Å². The molecule has 18 heavy (non-hydrogen) atoms. The van der Waals surface area contributed by atoms with E-state index in [9.17, 15) is 0 Å². The molecule has 98 valence electrons. The Hall–Kier alpha value is -1.53. The molecule has 1 rings (SSSR count). The molecule has 0 amide bonds. The number of benzene rings is 1. The second-order valence-corrected chi connectivity index (χ2v) is 5.30. The van der Waals surface area contributed by atoms with E-state index in [1.807, 2.05) is 26.0 Å². The van der Waals surface area contributed by atoms with E-state index >= 15 is 0 Å². The van der Waals surface area contributed by atoms with Crippen LogP contribution < -0.4 is 5.32 Å². The molecule has 0 heterocycles. The van der Waals surface area contributed by atoms with Crippen LogP contribution in [0, 0.1) is 16.7 Å². The van der Waals surface area contributed by atoms with Crippen molar-refractivity contribution in [2.75, 3.05) is 6.54 Å². The highest BCUT2D eigenvalue weighted by atomic mass is 16.3. The molecule has 1 aromatic rings. The second-order valence-electron chi connectivity index (χ2n) is 5.30. The largest absolute Gasteiger partial charge is 0.508 e. The lowest BCUT2D eigenvalue weighted by molar-refractivity contribution is 0.422. The summed E-state index contributed by atoms with van der Waals surface area (Å²) in [6.45, 7) is 5.75. The van der Waals surface area contributed by atoms with Crippen LogP contribution in [0.1, 0.15) is 38.7 Å². The fraction of sp³-hybridized carbons (Fsp3) is 0.533. The number of aromatic hydroxyl groups is 1. The minimum atomic E-state index is -0.197. The zero-order valence-corrected chi connectivity index (χ0v) is 11.2. The van der Waals surface area contributed by atoms with Crippen LogP contribution in [0.3, 0.4) is 0 Å². The third-order valence-corrected chi connectivity index (χ3v) is 2.97. The summed E-state index contributed by atoms with van der Waals surface area (Å²) in [6, 6.07) is 9.56. The quantitative estimate of drug-likeness (QED) is 0.726. The van der Waals surface area contributed by atoms with Gasteiger partial charge in [-0.3, -0.25) is 0 Å². The Morgan fingerprint density at radius 1 is 1.22 bits per heavy atom. The first kappa shape index (κ1) is 14.5. The Labute approximate surface area is 109 Å². The summed E-state index contributed by atoms with van der Waals surface area (Å²) in [5, 5.41) is 21.4. The molecular weight excluding hydrogens is 224 g/mol. The molecule has 0 saturated heterocycles. The standard InChI is InChI=1S/C15H22N2O/c1-15(2,12-16)9-3-4-10-17-11-13-5-7-14(18)8-6-13/h5-8,17-18H,3-4,9-11H2,1-2H3. The average Bonchev–Trinajstić information content (AvgIpc) is 2.36. The number of phenolic OH excluding ortho intramolecular Hbond substituents is 1. The number of nitrogens with one attached hydrogen (secondary N) is 1. The maximum Gasteiger partial charge on any atom is 0.115 e. The summed E-state index contributed by atoms with van der Waals surface area (Å²) in [4.78, 5) is 0. The topological polar surface area (TPSA) is 56.0 Å². The highest BCUT2D eigenvalue weighted by molar-refractivity contribution is 5.25. The van der Waals surface area contributed by atoms with Crippen molar-refractivity contribution in [2.45, 2.75) is 39.7 Å². The van der Waals surface area contributed by atoms with Crippen LogP contribution in [0.5, 0.6) is 5.75 Å². The maximum absolute atomic E-state index is 9.15. The van der Waals surface area contributed by atoms with Gasteiger partial charge in [-0.25, -0.2) is 0 Å². The van der Waals surface area contributed by atoms with Gasteiger partial charge in [-0.1, -0.05) is 18.6 Å². The van der Waals surface area contributed by atoms with Gasteiger partial charge in [0.15, 0.2) is 0 Å². The van der Waals surface area contributed by atoms with Crippen molar-refractivity contribution < 1.29 is 5.11 Å². The van der Waals surface area contributed by atoms with Crippen LogP contribution in [0.15, 0.2) is 24.3 Å². The zero-order valence-electron chi connectivity index (χ0n) is 11.2. The van der Waals surface area contributed by atoms with Gasteiger partial charge in [0.2, 0.25) is 0 Å². The second kappa shape index (κ2) is 7.03. The number of nitriles is 1. The van der Waals surface area contributed by atoms with Crippen LogP contribution >= 0.6 is 0 Å². The lowest BCUT2D eigenvalue weighted by Crippen LogP contribution is -2.15. The summed E-state index contributed by atoms with van der Waals surface area (Å²) in [6.07, 6.45) is 3.11. The molecule has 0 aromatic heterocycles. The van der Waals surface area contributed by atoms with Gasteiger partial charge >= 0.3 is 0 Å². The minimum Gasteiger partial charge on any atom is -0.508 e. The highest BCUT2D eigenvalue weighted by Crippen LogP contribution is 2.21. The molecule has 0 atom stereocenters. The summed E-state index contributed by atoms with van der Waals surface area (Å²) >= 11 is 0. The minimum absolute atomic E-state index is 0.197. The third kappa shape index (κ3) is 5.70. The van der Waals surface area contributed by atoms with Crippen molar-refractivity contribution >= 4 is 0 Å². The lowest BCUT2D eigenvalue weighted by Gasteiger charge is -2.14. The van der Waals surface area contributed by atoms with E-state index in [2.05, 4.69) is 11.4 Å². The Kier molecular flexibility index (Phi) is 5.67. The van der Waals surface area contributed by atoms with E-state index < -0.39 is 0 Å². The Morgan fingerprint density at radius 2 is 1.89 bits per heavy atom. The first-order valence-electron chi connectivity index (χ1n) is 6.43. The van der Waals surface area contributed by atoms with Gasteiger partial charge in [0.25, 0.3) is 0 Å². The molecule has 0 radical (unpaired) electrons. The van der Waals surface area contributed by atoms with Crippen molar-refractivity contribution in [3.05, 3.63) is 29.8 Å². The summed E-state index contributed by atoms with van der Waals surface area (Å²) < 4.78 is 0. The fourth-order valence-electron chi connectivity index (χ4n) is 1.72. The number of hydrogen-bond acceptors (Lipinski definition) is 3. The van der Waals surface area contributed by atoms with Crippen molar-refractivity contribution in [1.82, 2.24) is 5.32 Å². The van der Waals surface area contributed by atoms with Gasteiger partial charge in [-0.05, 0) is 50.9 Å². The van der Waals surface area contributed by atoms with Crippen LogP contribution in [0.4, 0.5) is 0 Å². The van der Waals surface area contributed by atoms with E-state index in [4.69, 9.17) is 10.4 Å². The Morgan fingerprint density at radius 3 is 2.50 bits per heavy atom. The molecule has 0 aliphatic carbocycles. The number of unbranched alkanes of at least 4 members (excludes halogenated alkanes) is 1. The third-order valence-electron chi connectivity index (χ3n) is 2.97. The smallest absolute Gasteiger partial charge is 0.115 e. The lowest BCUT2D eigenvalue weighted by atomic mass is 9.89. The van der Waals surface area contributed by atoms with Gasteiger partial charge in [0.05, 0.1) is 11.5 Å². The molecule has 0 aliphatic heterocycles. The number of phenols is 1. The van der Waals surface area contributed by atoms with Crippen LogP contribution in [0.25, 0.3) is 0 Å². The van der Waals surface area contributed by atoms with E-state index in [1.165, 1.54) is 5.56 Å². The van der Waals surface area contributed by atoms with E-state index in [-0.39, 0.29) is 5.41 Å². The van der Waals surface area contributed by atoms with Gasteiger partial charge in [0, 0.05) is 6.54 Å². The van der Waals surface area contributed by atoms with Gasteiger partial charge in [-0.15, -0.1) is 0 Å². The van der Waals surface area contributed by atoms with Crippen LogP contribution in [-0.4, -0.2) is 11.7 Å². The fourth-order valence-corrected chi connectivity index (χ4v) is 1.72. The number of rotatable bonds is 7. The first-order valence-corrected chi connectivity index (χ1v) is 6.43. The number of hydrogen-bond donors (Lipinski definition) is 2. The van der Waals surface area contributed by atoms with E-state index in [0.717, 1.165) is 32.4 Å². The monoisotopic (exact) mass is 246 g/mol. The predicted octanol–water partition coefficient (Wildman–Crippen LogP) is 3.20. The van der Waals surface area contributed by atoms with Gasteiger partial charge < -0.3 is 10.4 Å². The molecular formula is C15H22N2O. The SMILES string of the molecule is CC(C)(C#N)CCCCNCc1ccc(O)cc1. The van der Waals surface area contributed by atoms with E-state index in [0.29, 0.717) is 5.75 Å². The molecule has 0 saturated carbocycles. The molecule has 0 aliphatic rings. The number of nitrogens with zero attached hydrogens (tertiary/aromatic N) is 1. The Balaban J connectivity index is 2.09. The maximum atomic E-state index is 9.15. The molecule has 0 unspecified atom stereocenters. The molecule has 0 bridgehead atoms. The first-order chi connectivity index (χ1) is 8.53. The average molecular weight is 246 g/mol. The zero-order chi connectivity index (χ0) is 13.4. The summed E-state index contributed by atoms with van der Waals surface area (Å²) in [5.74, 6) is 0.303. The summed E-state index contributed by atoms with van der Waals surface area (Å²) in [7, 11) is 0. The summed E-state index contributed by atoms with van der Waals surface area (Å²) in [5.41, 5.74) is 0.974. The molecule has 1 aromatic carbocycles. The molecule has 2 N–H and O–H groups in total. The molecule has 0 fully saturated rings. The van der Waals surface area contributed by atoms with Crippen molar-refractivity contribution in [2.24, 2.45) is 5.41 Å². The molecule has 3 nitrogen and oxygen atoms in total. The molecule has 0 spiro atoms. The highest BCUT2D eigenvalue weighted by Gasteiger charge is 2.15. The van der Waals surface area contributed by atoms with Crippen LogP contribution in [-0.2, 0) is 6.54 Å². The predicted molar refractivity (Wildman–Crippen MR) is 73.1 cm³/mol.